The van der Waals surface area contributed by atoms with Crippen LogP contribution in [0, 0.1) is 5.41 Å². The molecule has 0 saturated heterocycles. The standard InChI is InChI=1S/C16H22ClNO3/c1-11(7-12-5-4-6-13(17)8-12)18-14(19)9-16(2,3)10-15(20)21/h4-6,8,11H,7,9-10H2,1-3H3,(H,18,19)(H,20,21). The molecule has 0 spiro atoms. The molecule has 1 aromatic rings. The second-order valence-electron chi connectivity index (χ2n) is 6.21. The summed E-state index contributed by atoms with van der Waals surface area (Å²) in [6.45, 7) is 5.48. The molecule has 0 bridgehead atoms. The number of halogens is 1. The Morgan fingerprint density at radius 1 is 1.33 bits per heavy atom. The zero-order valence-electron chi connectivity index (χ0n) is 12.6. The third kappa shape index (κ3) is 7.14. The van der Waals surface area contributed by atoms with Crippen molar-refractivity contribution in [1.29, 1.82) is 0 Å². The summed E-state index contributed by atoms with van der Waals surface area (Å²) in [5.41, 5.74) is 0.506. The largest absolute Gasteiger partial charge is 0.481 e. The molecular formula is C16H22ClNO3. The molecule has 0 aliphatic carbocycles. The minimum atomic E-state index is -0.889. The van der Waals surface area contributed by atoms with Gasteiger partial charge in [0.25, 0.3) is 0 Å². The van der Waals surface area contributed by atoms with Crippen molar-refractivity contribution in [2.75, 3.05) is 0 Å². The first-order valence-electron chi connectivity index (χ1n) is 6.93. The number of hydrogen-bond acceptors (Lipinski definition) is 2. The number of amides is 1. The number of aliphatic carboxylic acids is 1. The molecule has 4 nitrogen and oxygen atoms in total. The van der Waals surface area contributed by atoms with E-state index in [0.29, 0.717) is 11.4 Å². The zero-order valence-corrected chi connectivity index (χ0v) is 13.4. The molecule has 0 heterocycles. The number of nitrogens with one attached hydrogen (secondary N) is 1. The van der Waals surface area contributed by atoms with Crippen molar-refractivity contribution in [1.82, 2.24) is 5.32 Å². The maximum atomic E-state index is 12.0. The van der Waals surface area contributed by atoms with E-state index in [0.717, 1.165) is 5.56 Å². The summed E-state index contributed by atoms with van der Waals surface area (Å²) in [6.07, 6.45) is 0.855. The van der Waals surface area contributed by atoms with Crippen LogP contribution < -0.4 is 5.32 Å². The SMILES string of the molecule is CC(Cc1cccc(Cl)c1)NC(=O)CC(C)(C)CC(=O)O. The number of carboxylic acids is 1. The van der Waals surface area contributed by atoms with Crippen LogP contribution in [0.15, 0.2) is 24.3 Å². The van der Waals surface area contributed by atoms with Crippen molar-refractivity contribution >= 4 is 23.5 Å². The van der Waals surface area contributed by atoms with Gasteiger partial charge in [0.1, 0.15) is 0 Å². The Labute approximate surface area is 130 Å². The molecule has 1 atom stereocenters. The highest BCUT2D eigenvalue weighted by molar-refractivity contribution is 6.30. The van der Waals surface area contributed by atoms with Gasteiger partial charge in [-0.2, -0.15) is 0 Å². The van der Waals surface area contributed by atoms with E-state index >= 15 is 0 Å². The number of carboxylic acid groups (broad SMARTS) is 1. The van der Waals surface area contributed by atoms with Crippen LogP contribution in [0.3, 0.4) is 0 Å². The van der Waals surface area contributed by atoms with Gasteiger partial charge in [0, 0.05) is 17.5 Å². The second kappa shape index (κ2) is 7.46. The molecule has 0 aromatic heterocycles. The van der Waals surface area contributed by atoms with Crippen molar-refractivity contribution in [3.63, 3.8) is 0 Å². The van der Waals surface area contributed by atoms with Gasteiger partial charge in [-0.15, -0.1) is 0 Å². The van der Waals surface area contributed by atoms with Gasteiger partial charge in [0.15, 0.2) is 0 Å². The molecule has 1 rings (SSSR count). The summed E-state index contributed by atoms with van der Waals surface area (Å²) >= 11 is 5.93. The van der Waals surface area contributed by atoms with Crippen molar-refractivity contribution in [3.8, 4) is 0 Å². The average molecular weight is 312 g/mol. The minimum Gasteiger partial charge on any atom is -0.481 e. The lowest BCUT2D eigenvalue weighted by atomic mass is 9.85. The molecule has 21 heavy (non-hydrogen) atoms. The van der Waals surface area contributed by atoms with Gasteiger partial charge >= 0.3 is 5.97 Å². The topological polar surface area (TPSA) is 66.4 Å². The highest BCUT2D eigenvalue weighted by Crippen LogP contribution is 2.24. The Morgan fingerprint density at radius 2 is 2.00 bits per heavy atom. The molecule has 1 unspecified atom stereocenters. The number of benzene rings is 1. The Kier molecular flexibility index (Phi) is 6.21. The van der Waals surface area contributed by atoms with E-state index in [1.54, 1.807) is 13.8 Å². The fourth-order valence-corrected chi connectivity index (χ4v) is 2.51. The first kappa shape index (κ1) is 17.5. The molecule has 1 amide bonds. The first-order chi connectivity index (χ1) is 9.68. The normalized spacial score (nSPS) is 12.8. The third-order valence-electron chi connectivity index (χ3n) is 3.11. The summed E-state index contributed by atoms with van der Waals surface area (Å²) in [5, 5.41) is 12.4. The van der Waals surface area contributed by atoms with Gasteiger partial charge in [-0.25, -0.2) is 0 Å². The van der Waals surface area contributed by atoms with Crippen LogP contribution in [0.1, 0.15) is 39.2 Å². The molecule has 0 aliphatic heterocycles. The number of carbonyl (C=O) groups excluding carboxylic acids is 1. The maximum Gasteiger partial charge on any atom is 0.303 e. The fourth-order valence-electron chi connectivity index (χ4n) is 2.30. The lowest BCUT2D eigenvalue weighted by Gasteiger charge is -2.23. The number of hydrogen-bond donors (Lipinski definition) is 2. The van der Waals surface area contributed by atoms with Gasteiger partial charge < -0.3 is 10.4 Å². The predicted molar refractivity (Wildman–Crippen MR) is 83.4 cm³/mol. The van der Waals surface area contributed by atoms with Crippen LogP contribution in [-0.2, 0) is 16.0 Å². The van der Waals surface area contributed by atoms with Gasteiger partial charge in [0.05, 0.1) is 6.42 Å². The molecule has 116 valence electrons. The Balaban J connectivity index is 2.49. The van der Waals surface area contributed by atoms with Crippen molar-refractivity contribution in [3.05, 3.63) is 34.9 Å². The van der Waals surface area contributed by atoms with Crippen LogP contribution >= 0.6 is 11.6 Å². The van der Waals surface area contributed by atoms with Crippen LogP contribution in [0.2, 0.25) is 5.02 Å². The molecule has 2 N–H and O–H groups in total. The smallest absolute Gasteiger partial charge is 0.303 e. The Hall–Kier alpha value is -1.55. The molecule has 0 saturated carbocycles. The van der Waals surface area contributed by atoms with E-state index in [-0.39, 0.29) is 24.8 Å². The molecule has 1 aromatic carbocycles. The summed E-state index contributed by atoms with van der Waals surface area (Å²) in [4.78, 5) is 22.7. The van der Waals surface area contributed by atoms with Crippen LogP contribution in [-0.4, -0.2) is 23.0 Å². The fraction of sp³-hybridized carbons (Fsp3) is 0.500. The van der Waals surface area contributed by atoms with Gasteiger partial charge in [-0.3, -0.25) is 9.59 Å². The summed E-state index contributed by atoms with van der Waals surface area (Å²) in [6, 6.07) is 7.49. The van der Waals surface area contributed by atoms with Gasteiger partial charge in [-0.1, -0.05) is 37.6 Å². The van der Waals surface area contributed by atoms with Crippen molar-refractivity contribution < 1.29 is 14.7 Å². The van der Waals surface area contributed by atoms with Crippen molar-refractivity contribution in [2.45, 2.75) is 46.1 Å². The van der Waals surface area contributed by atoms with Crippen LogP contribution in [0.5, 0.6) is 0 Å². The first-order valence-corrected chi connectivity index (χ1v) is 7.31. The van der Waals surface area contributed by atoms with E-state index in [1.807, 2.05) is 31.2 Å². The molecule has 5 heteroatoms. The summed E-state index contributed by atoms with van der Waals surface area (Å²) in [5.74, 6) is -1.02. The predicted octanol–water partition coefficient (Wildman–Crippen LogP) is 3.28. The summed E-state index contributed by atoms with van der Waals surface area (Å²) < 4.78 is 0. The zero-order chi connectivity index (χ0) is 16.0. The Bertz CT molecular complexity index is 514. The quantitative estimate of drug-likeness (QED) is 0.812. The van der Waals surface area contributed by atoms with E-state index in [1.165, 1.54) is 0 Å². The van der Waals surface area contributed by atoms with E-state index < -0.39 is 11.4 Å². The van der Waals surface area contributed by atoms with Crippen LogP contribution in [0.25, 0.3) is 0 Å². The number of rotatable bonds is 7. The average Bonchev–Trinajstić information content (AvgIpc) is 2.24. The van der Waals surface area contributed by atoms with Gasteiger partial charge in [0.2, 0.25) is 5.91 Å². The molecule has 0 aliphatic rings. The minimum absolute atomic E-state index is 0.0247. The van der Waals surface area contributed by atoms with E-state index in [2.05, 4.69) is 5.32 Å². The van der Waals surface area contributed by atoms with E-state index in [9.17, 15) is 9.59 Å². The summed E-state index contributed by atoms with van der Waals surface area (Å²) in [7, 11) is 0. The molecular weight excluding hydrogens is 290 g/mol. The monoisotopic (exact) mass is 311 g/mol. The lowest BCUT2D eigenvalue weighted by molar-refractivity contribution is -0.139. The third-order valence-corrected chi connectivity index (χ3v) is 3.34. The Morgan fingerprint density at radius 3 is 2.57 bits per heavy atom. The maximum absolute atomic E-state index is 12.0. The second-order valence-corrected chi connectivity index (χ2v) is 6.65. The lowest BCUT2D eigenvalue weighted by Crippen LogP contribution is -2.37. The van der Waals surface area contributed by atoms with Gasteiger partial charge in [-0.05, 0) is 36.5 Å². The molecule has 0 radical (unpaired) electrons. The van der Waals surface area contributed by atoms with Crippen LogP contribution in [0.4, 0.5) is 0 Å². The highest BCUT2D eigenvalue weighted by atomic mass is 35.5. The number of carbonyl (C=O) groups is 2. The highest BCUT2D eigenvalue weighted by Gasteiger charge is 2.25. The van der Waals surface area contributed by atoms with E-state index in [4.69, 9.17) is 16.7 Å². The van der Waals surface area contributed by atoms with Crippen molar-refractivity contribution in [2.24, 2.45) is 5.41 Å². The molecule has 0 fully saturated rings.